The Morgan fingerprint density at radius 3 is 1.69 bits per heavy atom. The van der Waals surface area contributed by atoms with E-state index in [0.29, 0.717) is 13.1 Å². The molecule has 0 aromatic heterocycles. The van der Waals surface area contributed by atoms with Crippen LogP contribution in [-0.2, 0) is 0 Å². The van der Waals surface area contributed by atoms with Crippen LogP contribution in [0.25, 0.3) is 0 Å². The van der Waals surface area contributed by atoms with E-state index < -0.39 is 0 Å². The minimum Gasteiger partial charge on any atom is -0.395 e. The van der Waals surface area contributed by atoms with E-state index in [-0.39, 0.29) is 13.2 Å². The van der Waals surface area contributed by atoms with Gasteiger partial charge < -0.3 is 20.8 Å². The van der Waals surface area contributed by atoms with Gasteiger partial charge in [0.1, 0.15) is 0 Å². The van der Waals surface area contributed by atoms with E-state index in [9.17, 15) is 0 Å². The number of aliphatic hydroxyl groups excluding tert-OH is 2. The van der Waals surface area contributed by atoms with Crippen molar-refractivity contribution in [1.29, 1.82) is 0 Å². The highest BCUT2D eigenvalue weighted by atomic mass is 16.3. The van der Waals surface area contributed by atoms with Gasteiger partial charge in [-0.3, -0.25) is 0 Å². The predicted molar refractivity (Wildman–Crippen MR) is 53.8 cm³/mol. The Morgan fingerprint density at radius 1 is 0.923 bits per heavy atom. The number of piperidine rings is 1. The lowest BCUT2D eigenvalue weighted by Gasteiger charge is -2.08. The Hall–Kier alpha value is -0.160. The van der Waals surface area contributed by atoms with Gasteiger partial charge in [0.15, 0.2) is 0 Å². The van der Waals surface area contributed by atoms with Gasteiger partial charge in [0.2, 0.25) is 0 Å². The van der Waals surface area contributed by atoms with Crippen LogP contribution in [0.5, 0.6) is 0 Å². The highest BCUT2D eigenvalue weighted by Gasteiger charge is 1.93. The monoisotopic (exact) mass is 190 g/mol. The fourth-order valence-corrected chi connectivity index (χ4v) is 1.08. The van der Waals surface area contributed by atoms with Crippen LogP contribution in [0.15, 0.2) is 0 Å². The van der Waals surface area contributed by atoms with Crippen molar-refractivity contribution >= 4 is 0 Å². The topological polar surface area (TPSA) is 64.5 Å². The summed E-state index contributed by atoms with van der Waals surface area (Å²) in [7, 11) is 0. The van der Waals surface area contributed by atoms with Crippen molar-refractivity contribution in [2.75, 3.05) is 39.4 Å². The quantitative estimate of drug-likeness (QED) is 0.444. The lowest BCUT2D eigenvalue weighted by molar-refractivity contribution is 0.267. The van der Waals surface area contributed by atoms with Gasteiger partial charge in [0, 0.05) is 13.1 Å². The third-order valence-corrected chi connectivity index (χ3v) is 1.78. The summed E-state index contributed by atoms with van der Waals surface area (Å²) >= 11 is 0. The molecule has 0 radical (unpaired) electrons. The average molecular weight is 190 g/mol. The van der Waals surface area contributed by atoms with Gasteiger partial charge in [-0.2, -0.15) is 0 Å². The minimum absolute atomic E-state index is 0.139. The molecule has 0 unspecified atom stereocenters. The highest BCUT2D eigenvalue weighted by Crippen LogP contribution is 1.96. The average Bonchev–Trinajstić information content (AvgIpc) is 2.22. The van der Waals surface area contributed by atoms with E-state index in [1.54, 1.807) is 0 Å². The second-order valence-corrected chi connectivity index (χ2v) is 3.01. The molecular formula is C9H22N2O2. The van der Waals surface area contributed by atoms with E-state index >= 15 is 0 Å². The van der Waals surface area contributed by atoms with Crippen LogP contribution in [0.3, 0.4) is 0 Å². The zero-order valence-corrected chi connectivity index (χ0v) is 8.26. The summed E-state index contributed by atoms with van der Waals surface area (Å²) in [5, 5.41) is 22.4. The van der Waals surface area contributed by atoms with Crippen LogP contribution < -0.4 is 10.6 Å². The van der Waals surface area contributed by atoms with E-state index in [0.717, 1.165) is 0 Å². The molecule has 0 aromatic carbocycles. The first-order valence-electron chi connectivity index (χ1n) is 5.05. The van der Waals surface area contributed by atoms with Gasteiger partial charge in [-0.15, -0.1) is 0 Å². The van der Waals surface area contributed by atoms with Gasteiger partial charge in [0.25, 0.3) is 0 Å². The molecule has 4 N–H and O–H groups in total. The van der Waals surface area contributed by atoms with Crippen LogP contribution in [0.1, 0.15) is 19.3 Å². The Labute approximate surface area is 80.3 Å². The van der Waals surface area contributed by atoms with Gasteiger partial charge in [-0.25, -0.2) is 0 Å². The second-order valence-electron chi connectivity index (χ2n) is 3.01. The molecule has 0 aliphatic carbocycles. The molecule has 1 aliphatic heterocycles. The Kier molecular flexibility index (Phi) is 11.7. The lowest BCUT2D eigenvalue weighted by atomic mass is 10.2. The van der Waals surface area contributed by atoms with Crippen molar-refractivity contribution < 1.29 is 10.2 Å². The largest absolute Gasteiger partial charge is 0.395 e. The molecule has 13 heavy (non-hydrogen) atoms. The number of aliphatic hydroxyl groups is 2. The van der Waals surface area contributed by atoms with Crippen molar-refractivity contribution in [2.24, 2.45) is 0 Å². The first kappa shape index (κ1) is 12.8. The Morgan fingerprint density at radius 2 is 1.46 bits per heavy atom. The molecule has 0 atom stereocenters. The standard InChI is InChI=1S/C5H11N.C4H11NO2/c1-2-4-6-5-3-1;6-3-1-5-2-4-7/h6H,1-5H2;5-7H,1-4H2. The first-order valence-corrected chi connectivity index (χ1v) is 5.05. The van der Waals surface area contributed by atoms with E-state index in [1.807, 2.05) is 0 Å². The summed E-state index contributed by atoms with van der Waals surface area (Å²) in [6, 6.07) is 0. The molecule has 4 heteroatoms. The van der Waals surface area contributed by atoms with E-state index in [2.05, 4.69) is 10.6 Å². The second kappa shape index (κ2) is 11.8. The van der Waals surface area contributed by atoms with Crippen LogP contribution in [-0.4, -0.2) is 49.6 Å². The maximum absolute atomic E-state index is 8.15. The highest BCUT2D eigenvalue weighted by molar-refractivity contribution is 4.55. The van der Waals surface area contributed by atoms with Crippen molar-refractivity contribution in [1.82, 2.24) is 10.6 Å². The maximum Gasteiger partial charge on any atom is 0.0555 e. The summed E-state index contributed by atoms with van der Waals surface area (Å²) in [5.41, 5.74) is 0. The summed E-state index contributed by atoms with van der Waals surface area (Å²) in [6.07, 6.45) is 4.22. The fraction of sp³-hybridized carbons (Fsp3) is 1.00. The van der Waals surface area contributed by atoms with Crippen molar-refractivity contribution in [2.45, 2.75) is 19.3 Å². The van der Waals surface area contributed by atoms with Crippen LogP contribution in [0.4, 0.5) is 0 Å². The van der Waals surface area contributed by atoms with Crippen LogP contribution in [0, 0.1) is 0 Å². The van der Waals surface area contributed by atoms with Crippen LogP contribution in [0.2, 0.25) is 0 Å². The fourth-order valence-electron chi connectivity index (χ4n) is 1.08. The number of hydrogen-bond acceptors (Lipinski definition) is 4. The molecule has 0 saturated carbocycles. The van der Waals surface area contributed by atoms with Crippen molar-refractivity contribution in [3.8, 4) is 0 Å². The smallest absolute Gasteiger partial charge is 0.0555 e. The van der Waals surface area contributed by atoms with Gasteiger partial charge >= 0.3 is 0 Å². The summed E-state index contributed by atoms with van der Waals surface area (Å²) < 4.78 is 0. The summed E-state index contributed by atoms with van der Waals surface area (Å²) in [5.74, 6) is 0. The molecule has 0 amide bonds. The van der Waals surface area contributed by atoms with Crippen LogP contribution >= 0.6 is 0 Å². The molecule has 4 nitrogen and oxygen atoms in total. The normalized spacial score (nSPS) is 16.2. The predicted octanol–water partition coefficient (Wildman–Crippen LogP) is -0.679. The molecule has 1 aliphatic rings. The number of rotatable bonds is 4. The molecule has 0 spiro atoms. The Bertz CT molecular complexity index is 72.2. The molecule has 0 aromatic rings. The number of nitrogens with one attached hydrogen (secondary N) is 2. The third kappa shape index (κ3) is 11.8. The SMILES string of the molecule is C1CCNCC1.OCCNCCO. The molecule has 1 rings (SSSR count). The Balaban J connectivity index is 0.000000223. The molecule has 80 valence electrons. The number of hydrogen-bond donors (Lipinski definition) is 4. The lowest BCUT2D eigenvalue weighted by Crippen LogP contribution is -2.21. The maximum atomic E-state index is 8.15. The summed E-state index contributed by atoms with van der Waals surface area (Å²) in [6.45, 7) is 3.92. The molecule has 1 heterocycles. The zero-order valence-electron chi connectivity index (χ0n) is 8.26. The first-order chi connectivity index (χ1) is 6.41. The van der Waals surface area contributed by atoms with Gasteiger partial charge in [-0.1, -0.05) is 6.42 Å². The van der Waals surface area contributed by atoms with Crippen molar-refractivity contribution in [3.63, 3.8) is 0 Å². The van der Waals surface area contributed by atoms with Gasteiger partial charge in [-0.05, 0) is 25.9 Å². The molecule has 0 bridgehead atoms. The summed E-state index contributed by atoms with van der Waals surface area (Å²) in [4.78, 5) is 0. The van der Waals surface area contributed by atoms with E-state index in [1.165, 1.54) is 32.4 Å². The zero-order chi connectivity index (χ0) is 9.78. The molecule has 1 fully saturated rings. The van der Waals surface area contributed by atoms with Gasteiger partial charge in [0.05, 0.1) is 13.2 Å². The third-order valence-electron chi connectivity index (χ3n) is 1.78. The molecule has 1 saturated heterocycles. The molecular weight excluding hydrogens is 168 g/mol. The minimum atomic E-state index is 0.139. The van der Waals surface area contributed by atoms with Crippen molar-refractivity contribution in [3.05, 3.63) is 0 Å². The van der Waals surface area contributed by atoms with E-state index in [4.69, 9.17) is 10.2 Å².